The molecule has 0 aliphatic rings. The van der Waals surface area contributed by atoms with Gasteiger partial charge in [0.15, 0.2) is 0 Å². The van der Waals surface area contributed by atoms with Crippen molar-refractivity contribution in [1.29, 1.82) is 0 Å². The van der Waals surface area contributed by atoms with Gasteiger partial charge >= 0.3 is 0 Å². The van der Waals surface area contributed by atoms with Gasteiger partial charge in [-0.3, -0.25) is 0 Å². The largest absolute Gasteiger partial charge is 0.306 e. The summed E-state index contributed by atoms with van der Waals surface area (Å²) >= 11 is 0. The molecule has 0 radical (unpaired) electrons. The van der Waals surface area contributed by atoms with E-state index in [1.165, 1.54) is 12.1 Å². The van der Waals surface area contributed by atoms with Gasteiger partial charge in [-0.2, -0.15) is 10.2 Å². The Morgan fingerprint density at radius 2 is 1.84 bits per heavy atom. The van der Waals surface area contributed by atoms with Crippen molar-refractivity contribution in [3.05, 3.63) is 58.7 Å². The highest BCUT2D eigenvalue weighted by Gasteiger charge is 2.16. The Hall–Kier alpha value is -1.81. The van der Waals surface area contributed by atoms with Crippen LogP contribution in [-0.2, 0) is 0 Å². The van der Waals surface area contributed by atoms with Crippen LogP contribution in [-0.4, -0.2) is 16.7 Å². The van der Waals surface area contributed by atoms with E-state index in [0.29, 0.717) is 0 Å². The van der Waals surface area contributed by atoms with Gasteiger partial charge in [-0.25, -0.2) is 4.39 Å². The molecule has 19 heavy (non-hydrogen) atoms. The van der Waals surface area contributed by atoms with Gasteiger partial charge in [0.1, 0.15) is 5.82 Å². The highest BCUT2D eigenvalue weighted by Crippen LogP contribution is 2.24. The van der Waals surface area contributed by atoms with Crippen LogP contribution >= 0.6 is 0 Å². The minimum atomic E-state index is -0.222. The Bertz CT molecular complexity index is 552. The molecular formula is C15H18FN3. The van der Waals surface area contributed by atoms with Crippen molar-refractivity contribution < 1.29 is 4.39 Å². The van der Waals surface area contributed by atoms with Crippen molar-refractivity contribution in [1.82, 2.24) is 15.5 Å². The van der Waals surface area contributed by atoms with Gasteiger partial charge in [0.05, 0.1) is 17.4 Å². The van der Waals surface area contributed by atoms with Gasteiger partial charge in [0.25, 0.3) is 0 Å². The van der Waals surface area contributed by atoms with Gasteiger partial charge in [-0.1, -0.05) is 19.1 Å². The molecule has 3 nitrogen and oxygen atoms in total. The number of hydrogen-bond acceptors (Lipinski definition) is 3. The maximum Gasteiger partial charge on any atom is 0.123 e. The molecule has 1 aromatic heterocycles. The Balaban J connectivity index is 2.44. The second-order valence-electron chi connectivity index (χ2n) is 4.57. The fourth-order valence-electron chi connectivity index (χ4n) is 2.13. The lowest BCUT2D eigenvalue weighted by molar-refractivity contribution is 0.608. The number of rotatable bonds is 4. The lowest BCUT2D eigenvalue weighted by Crippen LogP contribution is -2.23. The molecule has 0 bridgehead atoms. The topological polar surface area (TPSA) is 37.8 Å². The number of hydrogen-bond donors (Lipinski definition) is 1. The number of aromatic nitrogens is 2. The molecule has 0 saturated heterocycles. The van der Waals surface area contributed by atoms with Crippen molar-refractivity contribution in [2.24, 2.45) is 0 Å². The van der Waals surface area contributed by atoms with E-state index in [2.05, 4.69) is 15.5 Å². The van der Waals surface area contributed by atoms with Crippen LogP contribution < -0.4 is 5.32 Å². The first-order valence-corrected chi connectivity index (χ1v) is 6.41. The summed E-state index contributed by atoms with van der Waals surface area (Å²) in [6.45, 7) is 6.73. The quantitative estimate of drug-likeness (QED) is 0.917. The molecule has 2 aromatic rings. The maximum atomic E-state index is 13.0. The molecule has 0 fully saturated rings. The highest BCUT2D eigenvalue weighted by atomic mass is 19.1. The fourth-order valence-corrected chi connectivity index (χ4v) is 2.13. The lowest BCUT2D eigenvalue weighted by Gasteiger charge is -2.20. The maximum absolute atomic E-state index is 13.0. The molecule has 1 heterocycles. The van der Waals surface area contributed by atoms with Crippen LogP contribution in [0.15, 0.2) is 30.3 Å². The lowest BCUT2D eigenvalue weighted by atomic mass is 9.97. The monoisotopic (exact) mass is 259 g/mol. The summed E-state index contributed by atoms with van der Waals surface area (Å²) in [5.41, 5.74) is 3.88. The van der Waals surface area contributed by atoms with Crippen molar-refractivity contribution in [3.8, 4) is 0 Å². The highest BCUT2D eigenvalue weighted by molar-refractivity contribution is 5.34. The molecule has 0 spiro atoms. The first-order valence-electron chi connectivity index (χ1n) is 6.41. The Morgan fingerprint density at radius 1 is 1.16 bits per heavy atom. The van der Waals surface area contributed by atoms with Gasteiger partial charge < -0.3 is 5.32 Å². The third kappa shape index (κ3) is 3.15. The second kappa shape index (κ2) is 5.89. The van der Waals surface area contributed by atoms with E-state index >= 15 is 0 Å². The minimum absolute atomic E-state index is 0.0137. The summed E-state index contributed by atoms with van der Waals surface area (Å²) in [4.78, 5) is 0. The van der Waals surface area contributed by atoms with Crippen LogP contribution in [0.4, 0.5) is 4.39 Å². The summed E-state index contributed by atoms with van der Waals surface area (Å²) in [5.74, 6) is -0.222. The molecule has 2 rings (SSSR count). The van der Waals surface area contributed by atoms with E-state index in [1.54, 1.807) is 12.1 Å². The van der Waals surface area contributed by atoms with Gasteiger partial charge in [0, 0.05) is 0 Å². The van der Waals surface area contributed by atoms with Crippen LogP contribution in [0.2, 0.25) is 0 Å². The van der Waals surface area contributed by atoms with E-state index < -0.39 is 0 Å². The van der Waals surface area contributed by atoms with E-state index in [4.69, 9.17) is 0 Å². The number of aryl methyl sites for hydroxylation is 2. The van der Waals surface area contributed by atoms with Crippen molar-refractivity contribution >= 4 is 0 Å². The summed E-state index contributed by atoms with van der Waals surface area (Å²) < 4.78 is 13.0. The zero-order valence-corrected chi connectivity index (χ0v) is 11.4. The standard InChI is InChI=1S/C15H18FN3/c1-4-17-15(12-5-7-13(16)8-6-12)14-9-10(2)18-19-11(14)3/h5-9,15,17H,4H2,1-3H3. The summed E-state index contributed by atoms with van der Waals surface area (Å²) in [6, 6.07) is 8.61. The van der Waals surface area contributed by atoms with Crippen LogP contribution in [0, 0.1) is 19.7 Å². The van der Waals surface area contributed by atoms with Crippen LogP contribution in [0.3, 0.4) is 0 Å². The number of benzene rings is 1. The first-order chi connectivity index (χ1) is 9.11. The smallest absolute Gasteiger partial charge is 0.123 e. The predicted molar refractivity (Wildman–Crippen MR) is 73.4 cm³/mol. The van der Waals surface area contributed by atoms with E-state index in [1.807, 2.05) is 26.8 Å². The molecule has 1 aromatic carbocycles. The van der Waals surface area contributed by atoms with Crippen molar-refractivity contribution in [2.45, 2.75) is 26.8 Å². The molecule has 100 valence electrons. The summed E-state index contributed by atoms with van der Waals surface area (Å²) in [6.07, 6.45) is 0. The van der Waals surface area contributed by atoms with Gasteiger partial charge in [0.2, 0.25) is 0 Å². The van der Waals surface area contributed by atoms with Gasteiger partial charge in [-0.05, 0) is 49.7 Å². The third-order valence-electron chi connectivity index (χ3n) is 3.06. The van der Waals surface area contributed by atoms with Crippen LogP contribution in [0.25, 0.3) is 0 Å². The molecule has 0 aliphatic carbocycles. The molecule has 0 amide bonds. The van der Waals surface area contributed by atoms with E-state index in [-0.39, 0.29) is 11.9 Å². The van der Waals surface area contributed by atoms with Gasteiger partial charge in [-0.15, -0.1) is 0 Å². The molecule has 0 saturated carbocycles. The van der Waals surface area contributed by atoms with E-state index in [0.717, 1.165) is 29.1 Å². The zero-order valence-electron chi connectivity index (χ0n) is 11.4. The Morgan fingerprint density at radius 3 is 2.47 bits per heavy atom. The predicted octanol–water partition coefficient (Wildman–Crippen LogP) is 2.93. The number of nitrogens with one attached hydrogen (secondary N) is 1. The Kier molecular flexibility index (Phi) is 4.22. The average molecular weight is 259 g/mol. The SMILES string of the molecule is CCNC(c1ccc(F)cc1)c1cc(C)nnc1C. The average Bonchev–Trinajstić information content (AvgIpc) is 2.40. The van der Waals surface area contributed by atoms with Crippen molar-refractivity contribution in [2.75, 3.05) is 6.54 Å². The Labute approximate surface area is 112 Å². The fraction of sp³-hybridized carbons (Fsp3) is 0.333. The molecule has 1 N–H and O–H groups in total. The van der Waals surface area contributed by atoms with Crippen molar-refractivity contribution in [3.63, 3.8) is 0 Å². The number of halogens is 1. The third-order valence-corrected chi connectivity index (χ3v) is 3.06. The molecule has 1 unspecified atom stereocenters. The summed E-state index contributed by atoms with van der Waals surface area (Å²) in [7, 11) is 0. The number of nitrogens with zero attached hydrogens (tertiary/aromatic N) is 2. The molecule has 4 heteroatoms. The normalized spacial score (nSPS) is 12.4. The first kappa shape index (κ1) is 13.6. The molecule has 0 aliphatic heterocycles. The zero-order chi connectivity index (χ0) is 13.8. The van der Waals surface area contributed by atoms with Crippen LogP contribution in [0.5, 0.6) is 0 Å². The van der Waals surface area contributed by atoms with Crippen LogP contribution in [0.1, 0.15) is 35.5 Å². The minimum Gasteiger partial charge on any atom is -0.306 e. The van der Waals surface area contributed by atoms with E-state index in [9.17, 15) is 4.39 Å². The molecule has 1 atom stereocenters. The molecular weight excluding hydrogens is 241 g/mol. The second-order valence-corrected chi connectivity index (χ2v) is 4.57. The summed E-state index contributed by atoms with van der Waals surface area (Å²) in [5, 5.41) is 11.6.